The summed E-state index contributed by atoms with van der Waals surface area (Å²) in [5.74, 6) is 2.31. The molecular formula is C17H15ClN2O3S. The van der Waals surface area contributed by atoms with Gasteiger partial charge in [-0.15, -0.1) is 11.3 Å². The van der Waals surface area contributed by atoms with Gasteiger partial charge in [0.05, 0.1) is 11.2 Å². The second kappa shape index (κ2) is 6.75. The van der Waals surface area contributed by atoms with Gasteiger partial charge >= 0.3 is 0 Å². The van der Waals surface area contributed by atoms with Crippen molar-refractivity contribution in [2.45, 2.75) is 13.2 Å². The maximum atomic E-state index is 6.33. The lowest BCUT2D eigenvalue weighted by Crippen LogP contribution is -2.20. The van der Waals surface area contributed by atoms with Gasteiger partial charge in [-0.3, -0.25) is 0 Å². The fourth-order valence-corrected chi connectivity index (χ4v) is 3.26. The average molecular weight is 363 g/mol. The lowest BCUT2D eigenvalue weighted by atomic mass is 10.1. The van der Waals surface area contributed by atoms with Crippen molar-refractivity contribution in [1.82, 2.24) is 9.88 Å². The summed E-state index contributed by atoms with van der Waals surface area (Å²) in [7, 11) is 0. The summed E-state index contributed by atoms with van der Waals surface area (Å²) in [5.41, 5.74) is 3.76. The van der Waals surface area contributed by atoms with Crippen molar-refractivity contribution in [3.63, 3.8) is 0 Å². The maximum Gasteiger partial charge on any atom is 0.231 e. The average Bonchev–Trinajstić information content (AvgIpc) is 3.26. The van der Waals surface area contributed by atoms with Crippen LogP contribution in [0.25, 0.3) is 0 Å². The van der Waals surface area contributed by atoms with Crippen molar-refractivity contribution in [2.24, 2.45) is 0 Å². The molecule has 1 aromatic heterocycles. The molecule has 3 heterocycles. The predicted octanol–water partition coefficient (Wildman–Crippen LogP) is 3.96. The molecule has 0 radical (unpaired) electrons. The normalized spacial score (nSPS) is 15.5. The Labute approximate surface area is 148 Å². The van der Waals surface area contributed by atoms with Crippen LogP contribution < -0.4 is 9.47 Å². The highest BCUT2D eigenvalue weighted by atomic mass is 35.5. The zero-order chi connectivity index (χ0) is 16.4. The Morgan fingerprint density at radius 3 is 2.92 bits per heavy atom. The number of hydrogen-bond donors (Lipinski definition) is 0. The van der Waals surface area contributed by atoms with E-state index >= 15 is 0 Å². The molecule has 0 amide bonds. The minimum Gasteiger partial charge on any atom is -0.487 e. The number of halogens is 1. The molecule has 0 bridgehead atoms. The van der Waals surface area contributed by atoms with Crippen molar-refractivity contribution in [2.75, 3.05) is 13.3 Å². The molecule has 0 N–H and O–H groups in total. The number of aromatic nitrogens is 1. The van der Waals surface area contributed by atoms with Gasteiger partial charge in [-0.1, -0.05) is 11.6 Å². The Morgan fingerprint density at radius 2 is 2.17 bits per heavy atom. The van der Waals surface area contributed by atoms with Crippen LogP contribution in [0.5, 0.6) is 11.5 Å². The first-order valence-electron chi connectivity index (χ1n) is 7.48. The van der Waals surface area contributed by atoms with Crippen molar-refractivity contribution >= 4 is 22.9 Å². The van der Waals surface area contributed by atoms with Crippen LogP contribution >= 0.6 is 22.9 Å². The van der Waals surface area contributed by atoms with Crippen LogP contribution in [0, 0.1) is 0 Å². The molecule has 0 saturated heterocycles. The van der Waals surface area contributed by atoms with Crippen LogP contribution in [0.15, 0.2) is 47.1 Å². The van der Waals surface area contributed by atoms with Crippen molar-refractivity contribution < 1.29 is 14.2 Å². The number of fused-ring (bicyclic) bond motifs is 1. The van der Waals surface area contributed by atoms with Crippen LogP contribution in [0.3, 0.4) is 0 Å². The van der Waals surface area contributed by atoms with Gasteiger partial charge in [0, 0.05) is 35.8 Å². The van der Waals surface area contributed by atoms with E-state index in [9.17, 15) is 0 Å². The minimum absolute atomic E-state index is 0.251. The molecule has 0 saturated carbocycles. The van der Waals surface area contributed by atoms with Crippen molar-refractivity contribution in [1.29, 1.82) is 0 Å². The smallest absolute Gasteiger partial charge is 0.231 e. The highest BCUT2D eigenvalue weighted by molar-refractivity contribution is 7.07. The molecule has 0 atom stereocenters. The Bertz CT molecular complexity index is 789. The number of thiazole rings is 1. The van der Waals surface area contributed by atoms with Crippen LogP contribution in [-0.2, 0) is 17.9 Å². The summed E-state index contributed by atoms with van der Waals surface area (Å²) in [6.07, 6.45) is 6.02. The first-order valence-corrected chi connectivity index (χ1v) is 8.80. The molecule has 24 heavy (non-hydrogen) atoms. The Morgan fingerprint density at radius 1 is 1.29 bits per heavy atom. The zero-order valence-electron chi connectivity index (χ0n) is 12.8. The predicted molar refractivity (Wildman–Crippen MR) is 92.1 cm³/mol. The monoisotopic (exact) mass is 362 g/mol. The first kappa shape index (κ1) is 15.4. The molecule has 2 aliphatic heterocycles. The van der Waals surface area contributed by atoms with Gasteiger partial charge in [0.25, 0.3) is 0 Å². The number of benzene rings is 1. The van der Waals surface area contributed by atoms with E-state index in [1.807, 2.05) is 35.9 Å². The van der Waals surface area contributed by atoms with Gasteiger partial charge < -0.3 is 19.1 Å². The van der Waals surface area contributed by atoms with E-state index in [0.29, 0.717) is 23.9 Å². The molecule has 124 valence electrons. The van der Waals surface area contributed by atoms with Crippen LogP contribution in [-0.4, -0.2) is 23.2 Å². The number of allylic oxidation sites excluding steroid dienone is 1. The Kier molecular flexibility index (Phi) is 4.32. The molecule has 4 rings (SSSR count). The van der Waals surface area contributed by atoms with Crippen molar-refractivity contribution in [3.05, 3.63) is 63.4 Å². The van der Waals surface area contributed by atoms with Gasteiger partial charge in [0.2, 0.25) is 6.79 Å². The van der Waals surface area contributed by atoms with Gasteiger partial charge in [-0.05, 0) is 23.8 Å². The van der Waals surface area contributed by atoms with Crippen LogP contribution in [0.4, 0.5) is 0 Å². The molecular weight excluding hydrogens is 348 g/mol. The third-order valence-electron chi connectivity index (χ3n) is 3.76. The van der Waals surface area contributed by atoms with Gasteiger partial charge in [-0.25, -0.2) is 4.98 Å². The summed E-state index contributed by atoms with van der Waals surface area (Å²) < 4.78 is 16.5. The number of hydrogen-bond acceptors (Lipinski definition) is 6. The molecule has 1 aromatic carbocycles. The summed E-state index contributed by atoms with van der Waals surface area (Å²) in [4.78, 5) is 6.36. The molecule has 7 heteroatoms. The standard InChI is InChI=1S/C17H15ClN2O3S/c18-15-6-17-16(22-11-23-17)5-12(15)7-20-3-1-14(2-4-20)21-8-13-9-24-10-19-13/h1-3,5-6,9-10H,4,7-8,11H2. The molecule has 2 aliphatic rings. The summed E-state index contributed by atoms with van der Waals surface area (Å²) in [6, 6.07) is 3.75. The fraction of sp³-hybridized carbons (Fsp3) is 0.235. The molecule has 0 spiro atoms. The molecule has 0 unspecified atom stereocenters. The first-order chi connectivity index (χ1) is 11.8. The van der Waals surface area contributed by atoms with Gasteiger partial charge in [-0.2, -0.15) is 0 Å². The van der Waals surface area contributed by atoms with E-state index in [0.717, 1.165) is 29.3 Å². The van der Waals surface area contributed by atoms with E-state index in [-0.39, 0.29) is 6.79 Å². The topological polar surface area (TPSA) is 43.8 Å². The highest BCUT2D eigenvalue weighted by Crippen LogP contribution is 2.37. The van der Waals surface area contributed by atoms with Gasteiger partial charge in [0.15, 0.2) is 11.5 Å². The number of ether oxygens (including phenoxy) is 3. The largest absolute Gasteiger partial charge is 0.487 e. The summed E-state index contributed by atoms with van der Waals surface area (Å²) in [5, 5.41) is 2.67. The molecule has 5 nitrogen and oxygen atoms in total. The second-order valence-electron chi connectivity index (χ2n) is 5.42. The lowest BCUT2D eigenvalue weighted by Gasteiger charge is -2.23. The Balaban J connectivity index is 1.35. The molecule has 0 fully saturated rings. The van der Waals surface area contributed by atoms with E-state index in [2.05, 4.69) is 9.88 Å². The van der Waals surface area contributed by atoms with Gasteiger partial charge in [0.1, 0.15) is 12.4 Å². The second-order valence-corrected chi connectivity index (χ2v) is 6.54. The maximum absolute atomic E-state index is 6.33. The fourth-order valence-electron chi connectivity index (χ4n) is 2.50. The molecule has 0 aliphatic carbocycles. The summed E-state index contributed by atoms with van der Waals surface area (Å²) >= 11 is 7.90. The lowest BCUT2D eigenvalue weighted by molar-refractivity contribution is 0.174. The zero-order valence-corrected chi connectivity index (χ0v) is 14.3. The number of rotatable bonds is 5. The minimum atomic E-state index is 0.251. The quantitative estimate of drug-likeness (QED) is 0.805. The van der Waals surface area contributed by atoms with Crippen LogP contribution in [0.2, 0.25) is 5.02 Å². The number of nitrogens with zero attached hydrogens (tertiary/aromatic N) is 2. The highest BCUT2D eigenvalue weighted by Gasteiger charge is 2.17. The van der Waals surface area contributed by atoms with E-state index in [4.69, 9.17) is 25.8 Å². The van der Waals surface area contributed by atoms with E-state index in [1.54, 1.807) is 16.8 Å². The third kappa shape index (κ3) is 3.34. The SMILES string of the molecule is Clc1cc2c(cc1CN1C=CC(OCc3cscn3)=CC1)OCO2. The Hall–Kier alpha value is -2.18. The van der Waals surface area contributed by atoms with Crippen molar-refractivity contribution in [3.8, 4) is 11.5 Å². The molecule has 2 aromatic rings. The van der Waals surface area contributed by atoms with Crippen LogP contribution in [0.1, 0.15) is 11.3 Å². The third-order valence-corrected chi connectivity index (χ3v) is 4.75. The summed E-state index contributed by atoms with van der Waals surface area (Å²) in [6.45, 7) is 2.20. The van der Waals surface area contributed by atoms with E-state index < -0.39 is 0 Å². The van der Waals surface area contributed by atoms with E-state index in [1.165, 1.54) is 0 Å².